The third kappa shape index (κ3) is 8.18. The Morgan fingerprint density at radius 1 is 1.30 bits per heavy atom. The van der Waals surface area contributed by atoms with E-state index in [4.69, 9.17) is 4.74 Å². The summed E-state index contributed by atoms with van der Waals surface area (Å²) >= 11 is 0. The first-order chi connectivity index (χ1) is 4.56. The molecule has 0 saturated carbocycles. The fourth-order valence-electron chi connectivity index (χ4n) is 0.537. The molecule has 0 aliphatic carbocycles. The van der Waals surface area contributed by atoms with Crippen LogP contribution in [0.3, 0.4) is 0 Å². The van der Waals surface area contributed by atoms with E-state index in [0.29, 0.717) is 0 Å². The average molecular weight is 159 g/mol. The van der Waals surface area contributed by atoms with E-state index in [2.05, 4.69) is 32.8 Å². The van der Waals surface area contributed by atoms with Gasteiger partial charge in [0.1, 0.15) is 0 Å². The second-order valence-corrected chi connectivity index (χ2v) is 8.68. The highest BCUT2D eigenvalue weighted by Crippen LogP contribution is 2.05. The summed E-state index contributed by atoms with van der Waals surface area (Å²) in [6.07, 6.45) is 4.46. The van der Waals surface area contributed by atoms with Crippen LogP contribution in [0.4, 0.5) is 0 Å². The minimum Gasteiger partial charge on any atom is -0.379 e. The molecule has 0 saturated heterocycles. The standard InChI is InChI=1S/C8H19OSi/c1-5-6-7-9-8-10(2,3)4/h8H,5-7H2,1-4H3. The summed E-state index contributed by atoms with van der Waals surface area (Å²) in [5.41, 5.74) is 0. The fraction of sp³-hybridized carbons (Fsp3) is 0.875. The zero-order chi connectivity index (χ0) is 8.04. The normalized spacial score (nSPS) is 12.0. The van der Waals surface area contributed by atoms with Gasteiger partial charge in [-0.2, -0.15) is 0 Å². The lowest BCUT2D eigenvalue weighted by molar-refractivity contribution is 0.218. The number of ether oxygens (including phenoxy) is 1. The number of rotatable bonds is 5. The van der Waals surface area contributed by atoms with E-state index >= 15 is 0 Å². The lowest BCUT2D eigenvalue weighted by Crippen LogP contribution is -2.22. The van der Waals surface area contributed by atoms with Crippen molar-refractivity contribution in [2.45, 2.75) is 39.4 Å². The molecule has 0 heterocycles. The molecule has 0 rings (SSSR count). The van der Waals surface area contributed by atoms with Crippen LogP contribution in [0.2, 0.25) is 19.6 Å². The molecule has 2 heteroatoms. The Hall–Kier alpha value is 0.177. The Labute approximate surface area is 65.8 Å². The Balaban J connectivity index is 3.04. The minimum atomic E-state index is -1.05. The maximum atomic E-state index is 5.38. The summed E-state index contributed by atoms with van der Waals surface area (Å²) in [7, 11) is -1.05. The van der Waals surface area contributed by atoms with E-state index in [1.807, 2.05) is 0 Å². The monoisotopic (exact) mass is 159 g/mol. The molecule has 0 atom stereocenters. The van der Waals surface area contributed by atoms with Gasteiger partial charge < -0.3 is 4.74 Å². The molecule has 0 aliphatic heterocycles. The summed E-state index contributed by atoms with van der Waals surface area (Å²) in [6, 6.07) is 0. The molecule has 1 radical (unpaired) electrons. The highest BCUT2D eigenvalue weighted by Gasteiger charge is 2.12. The zero-order valence-corrected chi connectivity index (χ0v) is 8.61. The maximum absolute atomic E-state index is 5.38. The van der Waals surface area contributed by atoms with Gasteiger partial charge in [0.2, 0.25) is 0 Å². The Kier molecular flexibility index (Phi) is 5.00. The topological polar surface area (TPSA) is 9.23 Å². The smallest absolute Gasteiger partial charge is 0.0815 e. The van der Waals surface area contributed by atoms with Gasteiger partial charge in [-0.15, -0.1) is 0 Å². The van der Waals surface area contributed by atoms with Crippen LogP contribution in [0.25, 0.3) is 0 Å². The van der Waals surface area contributed by atoms with Crippen molar-refractivity contribution in [2.24, 2.45) is 0 Å². The summed E-state index contributed by atoms with van der Waals surface area (Å²) in [6.45, 7) is 9.91. The van der Waals surface area contributed by atoms with Gasteiger partial charge in [-0.1, -0.05) is 33.0 Å². The van der Waals surface area contributed by atoms with Gasteiger partial charge in [-0.3, -0.25) is 0 Å². The van der Waals surface area contributed by atoms with E-state index in [9.17, 15) is 0 Å². The summed E-state index contributed by atoms with van der Waals surface area (Å²) in [4.78, 5) is 0. The molecule has 0 aromatic rings. The molecule has 10 heavy (non-hydrogen) atoms. The van der Waals surface area contributed by atoms with Gasteiger partial charge in [0, 0.05) is 6.61 Å². The highest BCUT2D eigenvalue weighted by atomic mass is 28.3. The molecule has 1 nitrogen and oxygen atoms in total. The van der Waals surface area contributed by atoms with Crippen LogP contribution in [0.15, 0.2) is 0 Å². The summed E-state index contributed by atoms with van der Waals surface area (Å²) in [5, 5.41) is 0. The van der Waals surface area contributed by atoms with Crippen LogP contribution in [-0.2, 0) is 4.74 Å². The second-order valence-electron chi connectivity index (χ2n) is 3.71. The lowest BCUT2D eigenvalue weighted by atomic mass is 10.4. The van der Waals surface area contributed by atoms with Crippen molar-refractivity contribution in [3.05, 3.63) is 6.23 Å². The molecule has 0 fully saturated rings. The van der Waals surface area contributed by atoms with Crippen molar-refractivity contribution < 1.29 is 4.74 Å². The van der Waals surface area contributed by atoms with Gasteiger partial charge >= 0.3 is 0 Å². The molecule has 0 N–H and O–H groups in total. The number of hydrogen-bond acceptors (Lipinski definition) is 1. The maximum Gasteiger partial charge on any atom is 0.0815 e. The Bertz CT molecular complexity index is 75.8. The second kappa shape index (κ2) is 4.91. The van der Waals surface area contributed by atoms with E-state index < -0.39 is 8.07 Å². The fourth-order valence-corrected chi connectivity index (χ4v) is 1.15. The zero-order valence-electron chi connectivity index (χ0n) is 7.61. The van der Waals surface area contributed by atoms with Crippen LogP contribution < -0.4 is 0 Å². The third-order valence-corrected chi connectivity index (χ3v) is 1.93. The predicted molar refractivity (Wildman–Crippen MR) is 48.5 cm³/mol. The molecule has 61 valence electrons. The summed E-state index contributed by atoms with van der Waals surface area (Å²) < 4.78 is 5.38. The van der Waals surface area contributed by atoms with Crippen molar-refractivity contribution >= 4 is 8.07 Å². The van der Waals surface area contributed by atoms with Crippen molar-refractivity contribution in [1.29, 1.82) is 0 Å². The molecule has 0 aromatic heterocycles. The van der Waals surface area contributed by atoms with Crippen molar-refractivity contribution in [2.75, 3.05) is 6.61 Å². The molecular formula is C8H19OSi. The van der Waals surface area contributed by atoms with Crippen molar-refractivity contribution in [1.82, 2.24) is 0 Å². The van der Waals surface area contributed by atoms with E-state index in [1.165, 1.54) is 12.8 Å². The summed E-state index contributed by atoms with van der Waals surface area (Å²) in [5.74, 6) is 0. The largest absolute Gasteiger partial charge is 0.379 e. The van der Waals surface area contributed by atoms with Crippen molar-refractivity contribution in [3.63, 3.8) is 0 Å². The quantitative estimate of drug-likeness (QED) is 0.443. The first-order valence-electron chi connectivity index (χ1n) is 4.02. The van der Waals surface area contributed by atoms with Gasteiger partial charge in [0.05, 0.1) is 14.3 Å². The molecule has 0 amide bonds. The number of unbranched alkanes of at least 4 members (excludes halogenated alkanes) is 1. The number of hydrogen-bond donors (Lipinski definition) is 0. The van der Waals surface area contributed by atoms with E-state index in [0.717, 1.165) is 6.61 Å². The lowest BCUT2D eigenvalue weighted by Gasteiger charge is -2.14. The van der Waals surface area contributed by atoms with Gasteiger partial charge in [0.25, 0.3) is 0 Å². The van der Waals surface area contributed by atoms with Crippen LogP contribution in [-0.4, -0.2) is 14.7 Å². The van der Waals surface area contributed by atoms with Crippen LogP contribution >= 0.6 is 0 Å². The molecule has 0 aliphatic rings. The van der Waals surface area contributed by atoms with Gasteiger partial charge in [0.15, 0.2) is 0 Å². The van der Waals surface area contributed by atoms with E-state index in [1.54, 1.807) is 0 Å². The Morgan fingerprint density at radius 3 is 2.30 bits per heavy atom. The molecule has 0 bridgehead atoms. The first-order valence-corrected chi connectivity index (χ1v) is 7.60. The van der Waals surface area contributed by atoms with Crippen LogP contribution in [0.1, 0.15) is 19.8 Å². The van der Waals surface area contributed by atoms with Gasteiger partial charge in [-0.25, -0.2) is 0 Å². The molecule has 0 unspecified atom stereocenters. The highest BCUT2D eigenvalue weighted by molar-refractivity contribution is 6.79. The van der Waals surface area contributed by atoms with E-state index in [-0.39, 0.29) is 0 Å². The van der Waals surface area contributed by atoms with Crippen molar-refractivity contribution in [3.8, 4) is 0 Å². The average Bonchev–Trinajstić information content (AvgIpc) is 1.78. The Morgan fingerprint density at radius 2 is 1.90 bits per heavy atom. The molecule has 0 spiro atoms. The third-order valence-electron chi connectivity index (χ3n) is 1.05. The SMILES string of the molecule is CCCCO[CH][Si](C)(C)C. The van der Waals surface area contributed by atoms with Crippen LogP contribution in [0, 0.1) is 6.23 Å². The molecule has 0 aromatic carbocycles. The first kappa shape index (κ1) is 10.2. The predicted octanol–water partition coefficient (Wildman–Crippen LogP) is 2.84. The minimum absolute atomic E-state index is 0.904. The van der Waals surface area contributed by atoms with Gasteiger partial charge in [-0.05, 0) is 6.42 Å². The molecular weight excluding hydrogens is 140 g/mol. The van der Waals surface area contributed by atoms with Crippen LogP contribution in [0.5, 0.6) is 0 Å².